The molecule has 142 valence electrons. The lowest BCUT2D eigenvalue weighted by Crippen LogP contribution is -2.12. The third kappa shape index (κ3) is 4.54. The van der Waals surface area contributed by atoms with Crippen LogP contribution in [0.4, 0.5) is 5.82 Å². The van der Waals surface area contributed by atoms with Crippen molar-refractivity contribution >= 4 is 29.4 Å². The van der Waals surface area contributed by atoms with Crippen LogP contribution in [0.15, 0.2) is 24.3 Å². The van der Waals surface area contributed by atoms with Gasteiger partial charge in [-0.05, 0) is 37.5 Å². The standard InChI is InChI=1S/C19H20ClN3O4/c1-3-27-18(24)13-6-4-11(5-7-13)10-21-17-14(20)15(19(25)26-2)22-16(23-17)12-8-9-12/h4-7,12H,3,8-10H2,1-2H3,(H,21,22,23). The number of ether oxygens (including phenoxy) is 2. The maximum atomic E-state index is 11.9. The second-order valence-electron chi connectivity index (χ2n) is 6.13. The van der Waals surface area contributed by atoms with Crippen molar-refractivity contribution in [2.24, 2.45) is 0 Å². The summed E-state index contributed by atoms with van der Waals surface area (Å²) in [6.45, 7) is 2.52. The first kappa shape index (κ1) is 19.1. The Morgan fingerprint density at radius 2 is 1.89 bits per heavy atom. The van der Waals surface area contributed by atoms with Crippen molar-refractivity contribution in [3.8, 4) is 0 Å². The number of methoxy groups -OCH3 is 1. The molecule has 1 saturated carbocycles. The van der Waals surface area contributed by atoms with Crippen LogP contribution in [0.5, 0.6) is 0 Å². The summed E-state index contributed by atoms with van der Waals surface area (Å²) in [5, 5.41) is 3.27. The summed E-state index contributed by atoms with van der Waals surface area (Å²) in [6.07, 6.45) is 1.99. The number of halogens is 1. The van der Waals surface area contributed by atoms with E-state index in [9.17, 15) is 9.59 Å². The number of carbonyl (C=O) groups is 2. The van der Waals surface area contributed by atoms with Gasteiger partial charge in [-0.2, -0.15) is 0 Å². The van der Waals surface area contributed by atoms with Crippen molar-refractivity contribution in [1.82, 2.24) is 9.97 Å². The Labute approximate surface area is 162 Å². The number of carbonyl (C=O) groups excluding carboxylic acids is 2. The van der Waals surface area contributed by atoms with Gasteiger partial charge in [0.2, 0.25) is 0 Å². The Balaban J connectivity index is 1.76. The molecule has 7 nitrogen and oxygen atoms in total. The summed E-state index contributed by atoms with van der Waals surface area (Å²) in [5.41, 5.74) is 1.48. The Kier molecular flexibility index (Phi) is 5.91. The van der Waals surface area contributed by atoms with Crippen LogP contribution in [0.25, 0.3) is 0 Å². The molecule has 3 rings (SSSR count). The van der Waals surface area contributed by atoms with Crippen LogP contribution in [-0.2, 0) is 16.0 Å². The average molecular weight is 390 g/mol. The molecule has 1 aromatic heterocycles. The molecule has 0 atom stereocenters. The molecule has 8 heteroatoms. The number of hydrogen-bond acceptors (Lipinski definition) is 7. The molecule has 1 N–H and O–H groups in total. The average Bonchev–Trinajstić information content (AvgIpc) is 3.52. The van der Waals surface area contributed by atoms with Crippen molar-refractivity contribution in [3.63, 3.8) is 0 Å². The topological polar surface area (TPSA) is 90.4 Å². The fraction of sp³-hybridized carbons (Fsp3) is 0.368. The number of hydrogen-bond donors (Lipinski definition) is 1. The van der Waals surface area contributed by atoms with E-state index in [1.54, 1.807) is 19.1 Å². The first-order valence-corrected chi connectivity index (χ1v) is 9.07. The summed E-state index contributed by atoms with van der Waals surface area (Å²) in [5.74, 6) is 0.303. The molecule has 0 radical (unpaired) electrons. The summed E-state index contributed by atoms with van der Waals surface area (Å²) in [7, 11) is 1.29. The molecule has 1 aromatic carbocycles. The number of nitrogens with zero attached hydrogens (tertiary/aromatic N) is 2. The summed E-state index contributed by atoms with van der Waals surface area (Å²) in [4.78, 5) is 32.4. The van der Waals surface area contributed by atoms with Crippen molar-refractivity contribution < 1.29 is 19.1 Å². The van der Waals surface area contributed by atoms with Gasteiger partial charge in [0.05, 0.1) is 19.3 Å². The second-order valence-corrected chi connectivity index (χ2v) is 6.51. The van der Waals surface area contributed by atoms with Crippen LogP contribution in [-0.4, -0.2) is 35.6 Å². The Morgan fingerprint density at radius 3 is 2.48 bits per heavy atom. The maximum Gasteiger partial charge on any atom is 0.358 e. The third-order valence-electron chi connectivity index (χ3n) is 4.11. The minimum atomic E-state index is -0.592. The van der Waals surface area contributed by atoms with E-state index in [1.807, 2.05) is 12.1 Å². The van der Waals surface area contributed by atoms with Crippen LogP contribution >= 0.6 is 11.6 Å². The summed E-state index contributed by atoms with van der Waals surface area (Å²) < 4.78 is 9.73. The molecule has 0 aliphatic heterocycles. The number of aromatic nitrogens is 2. The Morgan fingerprint density at radius 1 is 1.19 bits per heavy atom. The molecule has 0 amide bonds. The van der Waals surface area contributed by atoms with Crippen LogP contribution in [0, 0.1) is 0 Å². The van der Waals surface area contributed by atoms with Gasteiger partial charge in [-0.1, -0.05) is 23.7 Å². The monoisotopic (exact) mass is 389 g/mol. The Bertz CT molecular complexity index is 851. The molecular weight excluding hydrogens is 370 g/mol. The zero-order valence-corrected chi connectivity index (χ0v) is 15.9. The molecule has 1 aliphatic rings. The first-order chi connectivity index (χ1) is 13.0. The number of rotatable bonds is 7. The van der Waals surface area contributed by atoms with Gasteiger partial charge in [0.25, 0.3) is 0 Å². The third-order valence-corrected chi connectivity index (χ3v) is 4.47. The van der Waals surface area contributed by atoms with Crippen LogP contribution in [0.2, 0.25) is 5.02 Å². The SMILES string of the molecule is CCOC(=O)c1ccc(CNc2nc(C3CC3)nc(C(=O)OC)c2Cl)cc1. The first-order valence-electron chi connectivity index (χ1n) is 8.69. The smallest absolute Gasteiger partial charge is 0.358 e. The van der Waals surface area contributed by atoms with E-state index in [4.69, 9.17) is 21.1 Å². The van der Waals surface area contributed by atoms with Crippen molar-refractivity contribution in [1.29, 1.82) is 0 Å². The van der Waals surface area contributed by atoms with Crippen molar-refractivity contribution in [2.45, 2.75) is 32.2 Å². The predicted molar refractivity (Wildman–Crippen MR) is 100 cm³/mol. The number of anilines is 1. The normalized spacial score (nSPS) is 13.1. The quantitative estimate of drug-likeness (QED) is 0.723. The molecular formula is C19H20ClN3O4. The summed E-state index contributed by atoms with van der Waals surface area (Å²) in [6, 6.07) is 7.03. The summed E-state index contributed by atoms with van der Waals surface area (Å²) >= 11 is 6.30. The fourth-order valence-electron chi connectivity index (χ4n) is 2.50. The molecule has 1 heterocycles. The van der Waals surface area contributed by atoms with Crippen molar-refractivity contribution in [2.75, 3.05) is 19.0 Å². The van der Waals surface area contributed by atoms with Crippen LogP contribution in [0.1, 0.15) is 57.9 Å². The van der Waals surface area contributed by atoms with E-state index >= 15 is 0 Å². The molecule has 0 spiro atoms. The molecule has 2 aromatic rings. The highest BCUT2D eigenvalue weighted by Gasteiger charge is 2.30. The van der Waals surface area contributed by atoms with Crippen LogP contribution in [0.3, 0.4) is 0 Å². The zero-order valence-electron chi connectivity index (χ0n) is 15.1. The molecule has 27 heavy (non-hydrogen) atoms. The van der Waals surface area contributed by atoms with E-state index in [2.05, 4.69) is 15.3 Å². The number of nitrogens with one attached hydrogen (secondary N) is 1. The number of benzene rings is 1. The lowest BCUT2D eigenvalue weighted by atomic mass is 10.1. The van der Waals surface area contributed by atoms with E-state index < -0.39 is 5.97 Å². The highest BCUT2D eigenvalue weighted by molar-refractivity contribution is 6.35. The molecule has 0 saturated heterocycles. The van der Waals surface area contributed by atoms with E-state index in [-0.39, 0.29) is 22.6 Å². The maximum absolute atomic E-state index is 11.9. The van der Waals surface area contributed by atoms with E-state index in [0.717, 1.165) is 18.4 Å². The van der Waals surface area contributed by atoms with Crippen LogP contribution < -0.4 is 5.32 Å². The highest BCUT2D eigenvalue weighted by atomic mass is 35.5. The Hall–Kier alpha value is -2.67. The van der Waals surface area contributed by atoms with Gasteiger partial charge in [-0.3, -0.25) is 0 Å². The van der Waals surface area contributed by atoms with Gasteiger partial charge in [0.15, 0.2) is 5.69 Å². The highest BCUT2D eigenvalue weighted by Crippen LogP contribution is 2.39. The van der Waals surface area contributed by atoms with Gasteiger partial charge < -0.3 is 14.8 Å². The fourth-order valence-corrected chi connectivity index (χ4v) is 2.72. The minimum Gasteiger partial charge on any atom is -0.464 e. The minimum absolute atomic E-state index is 0.0659. The largest absolute Gasteiger partial charge is 0.464 e. The number of esters is 2. The zero-order chi connectivity index (χ0) is 19.4. The van der Waals surface area contributed by atoms with Gasteiger partial charge in [0, 0.05) is 12.5 Å². The van der Waals surface area contributed by atoms with Gasteiger partial charge >= 0.3 is 11.9 Å². The van der Waals surface area contributed by atoms with Gasteiger partial charge in [0.1, 0.15) is 16.7 Å². The van der Waals surface area contributed by atoms with E-state index in [1.165, 1.54) is 7.11 Å². The lowest BCUT2D eigenvalue weighted by Gasteiger charge is -2.12. The van der Waals surface area contributed by atoms with Gasteiger partial charge in [-0.15, -0.1) is 0 Å². The predicted octanol–water partition coefficient (Wildman–Crippen LogP) is 3.58. The van der Waals surface area contributed by atoms with Gasteiger partial charge in [-0.25, -0.2) is 19.6 Å². The molecule has 0 bridgehead atoms. The molecule has 1 fully saturated rings. The lowest BCUT2D eigenvalue weighted by molar-refractivity contribution is 0.0525. The van der Waals surface area contributed by atoms with Crippen molar-refractivity contribution in [3.05, 3.63) is 51.9 Å². The second kappa shape index (κ2) is 8.35. The molecule has 0 unspecified atom stereocenters. The molecule has 1 aliphatic carbocycles. The van der Waals surface area contributed by atoms with E-state index in [0.29, 0.717) is 30.4 Å².